The van der Waals surface area contributed by atoms with E-state index >= 15 is 0 Å². The van der Waals surface area contributed by atoms with Crippen LogP contribution in [-0.2, 0) is 6.61 Å². The molecule has 1 aliphatic carbocycles. The van der Waals surface area contributed by atoms with Gasteiger partial charge in [-0.15, -0.1) is 0 Å². The van der Waals surface area contributed by atoms with Crippen molar-refractivity contribution in [3.05, 3.63) is 22.8 Å². The molecule has 0 unspecified atom stereocenters. The maximum atomic E-state index is 9.26. The van der Waals surface area contributed by atoms with Gasteiger partial charge in [-0.05, 0) is 30.7 Å². The van der Waals surface area contributed by atoms with Crippen LogP contribution >= 0.6 is 11.6 Å². The second-order valence-corrected chi connectivity index (χ2v) is 6.08. The van der Waals surface area contributed by atoms with Crippen LogP contribution in [0.15, 0.2) is 12.3 Å². The molecule has 1 aliphatic heterocycles. The van der Waals surface area contributed by atoms with E-state index in [9.17, 15) is 5.11 Å². The van der Waals surface area contributed by atoms with Gasteiger partial charge in [0, 0.05) is 24.8 Å². The molecule has 0 radical (unpaired) electrons. The van der Waals surface area contributed by atoms with E-state index in [1.165, 1.54) is 32.1 Å². The molecule has 4 heteroatoms. The predicted octanol–water partition coefficient (Wildman–Crippen LogP) is 3.00. The van der Waals surface area contributed by atoms with Crippen molar-refractivity contribution in [3.63, 3.8) is 0 Å². The maximum Gasteiger partial charge on any atom is 0.128 e. The van der Waals surface area contributed by atoms with Crippen molar-refractivity contribution in [1.82, 2.24) is 4.98 Å². The fraction of sp³-hybridized carbons (Fsp3) is 0.643. The third-order valence-corrected chi connectivity index (χ3v) is 4.86. The minimum absolute atomic E-state index is 0.0205. The van der Waals surface area contributed by atoms with Crippen molar-refractivity contribution in [2.24, 2.45) is 5.41 Å². The van der Waals surface area contributed by atoms with Gasteiger partial charge in [-0.3, -0.25) is 0 Å². The number of pyridine rings is 1. The highest BCUT2D eigenvalue weighted by Crippen LogP contribution is 2.46. The van der Waals surface area contributed by atoms with Gasteiger partial charge in [0.1, 0.15) is 5.82 Å². The highest BCUT2D eigenvalue weighted by atomic mass is 35.5. The summed E-state index contributed by atoms with van der Waals surface area (Å²) in [5.74, 6) is 0.965. The number of nitrogens with zero attached hydrogens (tertiary/aromatic N) is 2. The van der Waals surface area contributed by atoms with Gasteiger partial charge in [-0.25, -0.2) is 4.98 Å². The monoisotopic (exact) mass is 266 g/mol. The van der Waals surface area contributed by atoms with Crippen LogP contribution in [0.25, 0.3) is 0 Å². The lowest BCUT2D eigenvalue weighted by atomic mass is 9.86. The van der Waals surface area contributed by atoms with Crippen LogP contribution in [0.3, 0.4) is 0 Å². The van der Waals surface area contributed by atoms with Crippen LogP contribution < -0.4 is 4.90 Å². The molecule has 3 rings (SSSR count). The van der Waals surface area contributed by atoms with Gasteiger partial charge >= 0.3 is 0 Å². The summed E-state index contributed by atoms with van der Waals surface area (Å²) in [5.41, 5.74) is 1.31. The summed E-state index contributed by atoms with van der Waals surface area (Å²) in [4.78, 5) is 6.75. The van der Waals surface area contributed by atoms with Crippen molar-refractivity contribution in [1.29, 1.82) is 0 Å². The van der Waals surface area contributed by atoms with E-state index in [1.54, 1.807) is 6.20 Å². The molecule has 1 aromatic rings. The summed E-state index contributed by atoms with van der Waals surface area (Å²) >= 11 is 5.98. The zero-order chi connectivity index (χ0) is 12.6. The topological polar surface area (TPSA) is 36.4 Å². The zero-order valence-electron chi connectivity index (χ0n) is 10.5. The molecule has 2 aliphatic rings. The van der Waals surface area contributed by atoms with Crippen LogP contribution in [0.1, 0.15) is 37.7 Å². The molecule has 1 spiro atoms. The van der Waals surface area contributed by atoms with Crippen LogP contribution in [0.2, 0.25) is 5.02 Å². The molecule has 1 saturated heterocycles. The molecule has 2 heterocycles. The van der Waals surface area contributed by atoms with E-state index in [2.05, 4.69) is 9.88 Å². The molecule has 0 amide bonds. The standard InChI is InChI=1S/C14H19ClN2O/c15-12-8-16-13(7-11(12)9-18)17-6-5-14(10-17)3-1-2-4-14/h7-8,18H,1-6,9-10H2. The van der Waals surface area contributed by atoms with Crippen molar-refractivity contribution in [3.8, 4) is 0 Å². The van der Waals surface area contributed by atoms with E-state index in [-0.39, 0.29) is 6.61 Å². The lowest BCUT2D eigenvalue weighted by Gasteiger charge is -2.24. The van der Waals surface area contributed by atoms with Crippen molar-refractivity contribution < 1.29 is 5.11 Å². The van der Waals surface area contributed by atoms with E-state index in [0.717, 1.165) is 24.5 Å². The quantitative estimate of drug-likeness (QED) is 0.894. The number of rotatable bonds is 2. The Hall–Kier alpha value is -0.800. The predicted molar refractivity (Wildman–Crippen MR) is 72.9 cm³/mol. The molecule has 1 saturated carbocycles. The zero-order valence-corrected chi connectivity index (χ0v) is 11.3. The van der Waals surface area contributed by atoms with E-state index < -0.39 is 0 Å². The second-order valence-electron chi connectivity index (χ2n) is 5.67. The highest BCUT2D eigenvalue weighted by Gasteiger charge is 2.40. The summed E-state index contributed by atoms with van der Waals surface area (Å²) < 4.78 is 0. The maximum absolute atomic E-state index is 9.26. The number of anilines is 1. The first-order valence-electron chi connectivity index (χ1n) is 6.73. The summed E-state index contributed by atoms with van der Waals surface area (Å²) in [6.07, 6.45) is 8.43. The van der Waals surface area contributed by atoms with Crippen LogP contribution in [-0.4, -0.2) is 23.2 Å². The Morgan fingerprint density at radius 3 is 2.83 bits per heavy atom. The van der Waals surface area contributed by atoms with Crippen LogP contribution in [0.5, 0.6) is 0 Å². The van der Waals surface area contributed by atoms with Gasteiger partial charge in [0.25, 0.3) is 0 Å². The molecule has 1 aromatic heterocycles. The Morgan fingerprint density at radius 2 is 2.11 bits per heavy atom. The van der Waals surface area contributed by atoms with Crippen molar-refractivity contribution in [2.45, 2.75) is 38.7 Å². The normalized spacial score (nSPS) is 22.0. The largest absolute Gasteiger partial charge is 0.392 e. The molecule has 0 atom stereocenters. The molecule has 1 N–H and O–H groups in total. The van der Waals surface area contributed by atoms with Gasteiger partial charge in [0.2, 0.25) is 0 Å². The first-order chi connectivity index (χ1) is 8.72. The average Bonchev–Trinajstić information content (AvgIpc) is 3.01. The number of aliphatic hydroxyl groups is 1. The summed E-state index contributed by atoms with van der Waals surface area (Å²) in [6, 6.07) is 1.93. The van der Waals surface area contributed by atoms with Crippen molar-refractivity contribution >= 4 is 17.4 Å². The number of hydrogen-bond acceptors (Lipinski definition) is 3. The van der Waals surface area contributed by atoms with Gasteiger partial charge in [0.15, 0.2) is 0 Å². The Morgan fingerprint density at radius 1 is 1.33 bits per heavy atom. The Bertz CT molecular complexity index is 443. The van der Waals surface area contributed by atoms with Crippen LogP contribution in [0.4, 0.5) is 5.82 Å². The lowest BCUT2D eigenvalue weighted by Crippen LogP contribution is -2.25. The third kappa shape index (κ3) is 2.10. The fourth-order valence-corrected chi connectivity index (χ4v) is 3.59. The molecular formula is C14H19ClN2O. The minimum Gasteiger partial charge on any atom is -0.392 e. The molecule has 0 bridgehead atoms. The number of aliphatic hydroxyl groups excluding tert-OH is 1. The Balaban J connectivity index is 1.80. The highest BCUT2D eigenvalue weighted by molar-refractivity contribution is 6.31. The van der Waals surface area contributed by atoms with Gasteiger partial charge in [-0.2, -0.15) is 0 Å². The first kappa shape index (κ1) is 12.2. The fourth-order valence-electron chi connectivity index (χ4n) is 3.43. The molecule has 0 aromatic carbocycles. The average molecular weight is 267 g/mol. The smallest absolute Gasteiger partial charge is 0.128 e. The molecule has 18 heavy (non-hydrogen) atoms. The third-order valence-electron chi connectivity index (χ3n) is 4.52. The molecule has 3 nitrogen and oxygen atoms in total. The first-order valence-corrected chi connectivity index (χ1v) is 7.10. The van der Waals surface area contributed by atoms with E-state index in [1.807, 2.05) is 6.07 Å². The summed E-state index contributed by atoms with van der Waals surface area (Å²) in [5, 5.41) is 9.81. The Kier molecular flexibility index (Phi) is 3.20. The summed E-state index contributed by atoms with van der Waals surface area (Å²) in [7, 11) is 0. The number of halogens is 1. The molecule has 98 valence electrons. The second kappa shape index (κ2) is 4.71. The van der Waals surface area contributed by atoms with E-state index in [0.29, 0.717) is 10.4 Å². The number of hydrogen-bond donors (Lipinski definition) is 1. The van der Waals surface area contributed by atoms with Crippen molar-refractivity contribution in [2.75, 3.05) is 18.0 Å². The lowest BCUT2D eigenvalue weighted by molar-refractivity contribution is 0.282. The van der Waals surface area contributed by atoms with Gasteiger partial charge in [0.05, 0.1) is 11.6 Å². The molecular weight excluding hydrogens is 248 g/mol. The SMILES string of the molecule is OCc1cc(N2CCC3(CCCC3)C2)ncc1Cl. The Labute approximate surface area is 113 Å². The summed E-state index contributed by atoms with van der Waals surface area (Å²) in [6.45, 7) is 2.18. The van der Waals surface area contributed by atoms with Gasteiger partial charge < -0.3 is 10.0 Å². The molecule has 2 fully saturated rings. The minimum atomic E-state index is -0.0205. The van der Waals surface area contributed by atoms with Crippen LogP contribution in [0, 0.1) is 5.41 Å². The van der Waals surface area contributed by atoms with E-state index in [4.69, 9.17) is 11.6 Å². The van der Waals surface area contributed by atoms with Gasteiger partial charge in [-0.1, -0.05) is 24.4 Å². The number of aromatic nitrogens is 1.